The normalized spacial score (nSPS) is 10.4. The number of fused-ring (bicyclic) bond motifs is 1. The molecule has 0 saturated carbocycles. The predicted molar refractivity (Wildman–Crippen MR) is 68.3 cm³/mol. The highest BCUT2D eigenvalue weighted by Crippen LogP contribution is 2.15. The molecule has 0 aliphatic heterocycles. The second-order valence-electron chi connectivity index (χ2n) is 3.86. The smallest absolute Gasteiger partial charge is 0.255 e. The molecule has 3 rings (SSSR count). The Labute approximate surface area is 103 Å². The summed E-state index contributed by atoms with van der Waals surface area (Å²) >= 11 is 0. The summed E-state index contributed by atoms with van der Waals surface area (Å²) in [5.74, 6) is -0.179. The first-order valence-corrected chi connectivity index (χ1v) is 5.46. The van der Waals surface area contributed by atoms with Crippen LogP contribution in [0.1, 0.15) is 10.4 Å². The van der Waals surface area contributed by atoms with E-state index in [2.05, 4.69) is 20.3 Å². The fourth-order valence-electron chi connectivity index (χ4n) is 1.76. The molecule has 0 atom stereocenters. The van der Waals surface area contributed by atoms with Gasteiger partial charge in [0.25, 0.3) is 5.91 Å². The highest BCUT2D eigenvalue weighted by Gasteiger charge is 2.07. The number of hydrogen-bond donors (Lipinski definition) is 2. The number of rotatable bonds is 2. The van der Waals surface area contributed by atoms with Gasteiger partial charge in [0.1, 0.15) is 6.33 Å². The number of aromatic nitrogens is 3. The Balaban J connectivity index is 1.87. The molecular weight excluding hydrogens is 228 g/mol. The molecule has 5 nitrogen and oxygen atoms in total. The van der Waals surface area contributed by atoms with Crippen LogP contribution in [0.2, 0.25) is 0 Å². The number of amides is 1. The van der Waals surface area contributed by atoms with Gasteiger partial charge in [0, 0.05) is 17.3 Å². The van der Waals surface area contributed by atoms with Crippen LogP contribution >= 0.6 is 0 Å². The summed E-state index contributed by atoms with van der Waals surface area (Å²) in [6.45, 7) is 0. The number of anilines is 1. The highest BCUT2D eigenvalue weighted by molar-refractivity contribution is 6.05. The SMILES string of the molecule is O=C(Nc1cncnc1)c1ccc2cc[nH]c2c1. The average Bonchev–Trinajstić information content (AvgIpc) is 2.87. The minimum absolute atomic E-state index is 0.179. The van der Waals surface area contributed by atoms with E-state index >= 15 is 0 Å². The molecule has 1 amide bonds. The van der Waals surface area contributed by atoms with Crippen molar-refractivity contribution in [2.45, 2.75) is 0 Å². The molecule has 0 aliphatic rings. The summed E-state index contributed by atoms with van der Waals surface area (Å²) in [6.07, 6.45) is 6.37. The molecule has 0 unspecified atom stereocenters. The number of hydrogen-bond acceptors (Lipinski definition) is 3. The van der Waals surface area contributed by atoms with Gasteiger partial charge in [0.2, 0.25) is 0 Å². The first-order chi connectivity index (χ1) is 8.83. The Morgan fingerprint density at radius 1 is 1.17 bits per heavy atom. The quantitative estimate of drug-likeness (QED) is 0.719. The summed E-state index contributed by atoms with van der Waals surface area (Å²) in [4.78, 5) is 22.8. The maximum atomic E-state index is 12.0. The van der Waals surface area contributed by atoms with Crippen molar-refractivity contribution < 1.29 is 4.79 Å². The van der Waals surface area contributed by atoms with Crippen molar-refractivity contribution in [2.24, 2.45) is 0 Å². The van der Waals surface area contributed by atoms with E-state index in [-0.39, 0.29) is 5.91 Å². The predicted octanol–water partition coefficient (Wildman–Crippen LogP) is 2.21. The number of benzene rings is 1. The lowest BCUT2D eigenvalue weighted by atomic mass is 10.1. The summed E-state index contributed by atoms with van der Waals surface area (Å²) in [7, 11) is 0. The summed E-state index contributed by atoms with van der Waals surface area (Å²) in [5.41, 5.74) is 2.11. The first kappa shape index (κ1) is 10.5. The summed E-state index contributed by atoms with van der Waals surface area (Å²) < 4.78 is 0. The van der Waals surface area contributed by atoms with Crippen LogP contribution in [0.4, 0.5) is 5.69 Å². The lowest BCUT2D eigenvalue weighted by Crippen LogP contribution is -2.12. The Hall–Kier alpha value is -2.69. The molecule has 2 heterocycles. The molecule has 5 heteroatoms. The van der Waals surface area contributed by atoms with Crippen LogP contribution in [0.5, 0.6) is 0 Å². The van der Waals surface area contributed by atoms with Crippen LogP contribution in [-0.4, -0.2) is 20.9 Å². The van der Waals surface area contributed by atoms with Gasteiger partial charge in [-0.2, -0.15) is 0 Å². The van der Waals surface area contributed by atoms with Crippen molar-refractivity contribution in [2.75, 3.05) is 5.32 Å². The molecule has 18 heavy (non-hydrogen) atoms. The van der Waals surface area contributed by atoms with E-state index in [9.17, 15) is 4.79 Å². The number of carbonyl (C=O) groups is 1. The number of aromatic amines is 1. The topological polar surface area (TPSA) is 70.7 Å². The molecule has 0 aliphatic carbocycles. The van der Waals surface area contributed by atoms with Crippen molar-refractivity contribution in [1.82, 2.24) is 15.0 Å². The molecule has 2 aromatic heterocycles. The fraction of sp³-hybridized carbons (Fsp3) is 0. The third-order valence-electron chi connectivity index (χ3n) is 2.64. The molecule has 3 aromatic rings. The molecule has 0 fully saturated rings. The van der Waals surface area contributed by atoms with Gasteiger partial charge in [-0.1, -0.05) is 6.07 Å². The third-order valence-corrected chi connectivity index (χ3v) is 2.64. The van der Waals surface area contributed by atoms with E-state index < -0.39 is 0 Å². The average molecular weight is 238 g/mol. The molecule has 0 saturated heterocycles. The minimum Gasteiger partial charge on any atom is -0.361 e. The lowest BCUT2D eigenvalue weighted by molar-refractivity contribution is 0.102. The number of carbonyl (C=O) groups excluding carboxylic acids is 1. The maximum absolute atomic E-state index is 12.0. The van der Waals surface area contributed by atoms with Gasteiger partial charge >= 0.3 is 0 Å². The molecule has 0 bridgehead atoms. The Morgan fingerprint density at radius 2 is 2.00 bits per heavy atom. The van der Waals surface area contributed by atoms with Gasteiger partial charge in [-0.25, -0.2) is 9.97 Å². The summed E-state index contributed by atoms with van der Waals surface area (Å²) in [6, 6.07) is 7.47. The highest BCUT2D eigenvalue weighted by atomic mass is 16.1. The van der Waals surface area contributed by atoms with Crippen LogP contribution in [-0.2, 0) is 0 Å². The molecular formula is C13H10N4O. The van der Waals surface area contributed by atoms with Crippen molar-refractivity contribution >= 4 is 22.5 Å². The van der Waals surface area contributed by atoms with Crippen LogP contribution in [0, 0.1) is 0 Å². The number of H-pyrrole nitrogens is 1. The van der Waals surface area contributed by atoms with E-state index in [4.69, 9.17) is 0 Å². The monoisotopic (exact) mass is 238 g/mol. The second kappa shape index (κ2) is 4.29. The third kappa shape index (κ3) is 1.93. The van der Waals surface area contributed by atoms with Gasteiger partial charge in [-0.3, -0.25) is 4.79 Å². The molecule has 0 radical (unpaired) electrons. The van der Waals surface area contributed by atoms with Crippen LogP contribution < -0.4 is 5.32 Å². The Bertz CT molecular complexity index is 690. The zero-order valence-corrected chi connectivity index (χ0v) is 9.42. The minimum atomic E-state index is -0.179. The van der Waals surface area contributed by atoms with Gasteiger partial charge in [-0.05, 0) is 23.6 Å². The Kier molecular flexibility index (Phi) is 2.49. The molecule has 1 aromatic carbocycles. The van der Waals surface area contributed by atoms with Crippen molar-refractivity contribution in [3.63, 3.8) is 0 Å². The second-order valence-corrected chi connectivity index (χ2v) is 3.86. The zero-order chi connectivity index (χ0) is 12.4. The first-order valence-electron chi connectivity index (χ1n) is 5.46. The van der Waals surface area contributed by atoms with Crippen molar-refractivity contribution in [1.29, 1.82) is 0 Å². The number of nitrogens with zero attached hydrogens (tertiary/aromatic N) is 2. The maximum Gasteiger partial charge on any atom is 0.255 e. The van der Waals surface area contributed by atoms with Gasteiger partial charge < -0.3 is 10.3 Å². The molecule has 2 N–H and O–H groups in total. The fourth-order valence-corrected chi connectivity index (χ4v) is 1.76. The van der Waals surface area contributed by atoms with Gasteiger partial charge in [-0.15, -0.1) is 0 Å². The summed E-state index contributed by atoms with van der Waals surface area (Å²) in [5, 5.41) is 3.82. The van der Waals surface area contributed by atoms with E-state index in [0.29, 0.717) is 11.3 Å². The zero-order valence-electron chi connectivity index (χ0n) is 9.42. The standard InChI is InChI=1S/C13H10N4O/c18-13(17-11-6-14-8-15-7-11)10-2-1-9-3-4-16-12(9)5-10/h1-8,16H,(H,17,18). The van der Waals surface area contributed by atoms with Crippen molar-refractivity contribution in [3.05, 3.63) is 54.7 Å². The Morgan fingerprint density at radius 3 is 2.83 bits per heavy atom. The van der Waals surface area contributed by atoms with Gasteiger partial charge in [0.15, 0.2) is 0 Å². The van der Waals surface area contributed by atoms with E-state index in [1.807, 2.05) is 24.4 Å². The van der Waals surface area contributed by atoms with E-state index in [0.717, 1.165) is 10.9 Å². The van der Waals surface area contributed by atoms with E-state index in [1.54, 1.807) is 18.5 Å². The van der Waals surface area contributed by atoms with E-state index in [1.165, 1.54) is 6.33 Å². The van der Waals surface area contributed by atoms with Crippen molar-refractivity contribution in [3.8, 4) is 0 Å². The van der Waals surface area contributed by atoms with Crippen LogP contribution in [0.15, 0.2) is 49.2 Å². The van der Waals surface area contributed by atoms with Gasteiger partial charge in [0.05, 0.1) is 18.1 Å². The number of nitrogens with one attached hydrogen (secondary N) is 2. The largest absolute Gasteiger partial charge is 0.361 e. The van der Waals surface area contributed by atoms with Crippen LogP contribution in [0.25, 0.3) is 10.9 Å². The molecule has 0 spiro atoms. The lowest BCUT2D eigenvalue weighted by Gasteiger charge is -2.04. The molecule has 88 valence electrons. The van der Waals surface area contributed by atoms with Crippen LogP contribution in [0.3, 0.4) is 0 Å².